The molecule has 7 aromatic rings. The molecule has 6 nitrogen and oxygen atoms in total. The Morgan fingerprint density at radius 1 is 0.424 bits per heavy atom. The Balaban J connectivity index is 0.000000187. The standard InChI is InChI=1S/C22H19FO2.C19H22O2.C16H14F2O2/c1-2-3-16-4-6-17(7-5-16)18-8-10-19(11-9-18)22(25-24)20-12-14-21(23)15-13-20;1-3-5-15-7-11-17(12-8-15)19(21-20)18-13-9-16(6-4-2)10-14-18;1-2-3-11-4-6-12(7-5-11)16(20-19)14-9-8-13(17)10-15(14)18/h2,4-15,22,24H,1,3H2;3,7-14,19-20H,1,4-6H2,2H3;2,4-10,16,19H,1,3H2. The molecule has 7 rings (SSSR count). The fourth-order valence-corrected chi connectivity index (χ4v) is 7.27. The van der Waals surface area contributed by atoms with Crippen LogP contribution in [-0.2, 0) is 40.3 Å². The van der Waals surface area contributed by atoms with Crippen LogP contribution in [0, 0.1) is 17.5 Å². The molecule has 66 heavy (non-hydrogen) atoms. The number of rotatable bonds is 18. The molecule has 3 unspecified atom stereocenters. The first-order chi connectivity index (χ1) is 32.1. The van der Waals surface area contributed by atoms with Gasteiger partial charge in [0.2, 0.25) is 0 Å². The Kier molecular flexibility index (Phi) is 20.1. The van der Waals surface area contributed by atoms with Crippen LogP contribution in [-0.4, -0.2) is 15.8 Å². The van der Waals surface area contributed by atoms with Crippen molar-refractivity contribution in [3.8, 4) is 11.1 Å². The summed E-state index contributed by atoms with van der Waals surface area (Å²) in [5, 5.41) is 27.6. The van der Waals surface area contributed by atoms with Gasteiger partial charge < -0.3 is 0 Å². The summed E-state index contributed by atoms with van der Waals surface area (Å²) in [6, 6.07) is 48.5. The van der Waals surface area contributed by atoms with Crippen LogP contribution in [0.3, 0.4) is 0 Å². The molecule has 3 atom stereocenters. The van der Waals surface area contributed by atoms with Gasteiger partial charge in [0, 0.05) is 11.6 Å². The number of halogens is 3. The maximum absolute atomic E-state index is 13.7. The van der Waals surface area contributed by atoms with Crippen LogP contribution >= 0.6 is 0 Å². The predicted molar refractivity (Wildman–Crippen MR) is 256 cm³/mol. The molecule has 0 amide bonds. The normalized spacial score (nSPS) is 12.0. The SMILES string of the molecule is C=CCc1ccc(-c2ccc(C(OO)c3ccc(F)cc3)cc2)cc1.C=CCc1ccc(C(OO)c2ccc(CCC)cc2)cc1.C=CCc1ccc(C(OO)c2ccc(F)cc2F)cc1. The lowest BCUT2D eigenvalue weighted by molar-refractivity contribution is -0.271. The third-order valence-corrected chi connectivity index (χ3v) is 10.8. The molecule has 0 heterocycles. The molecular formula is C57H55F3O6. The van der Waals surface area contributed by atoms with Crippen LogP contribution in [0.25, 0.3) is 11.1 Å². The smallest absolute Gasteiger partial charge is 0.146 e. The minimum atomic E-state index is -0.992. The summed E-state index contributed by atoms with van der Waals surface area (Å²) in [4.78, 5) is 13.7. The van der Waals surface area contributed by atoms with E-state index in [4.69, 9.17) is 10.1 Å². The van der Waals surface area contributed by atoms with Gasteiger partial charge in [-0.3, -0.25) is 15.8 Å². The van der Waals surface area contributed by atoms with Crippen LogP contribution < -0.4 is 0 Å². The summed E-state index contributed by atoms with van der Waals surface area (Å²) in [5.41, 5.74) is 11.0. The van der Waals surface area contributed by atoms with Crippen LogP contribution in [0.15, 0.2) is 202 Å². The van der Waals surface area contributed by atoms with Gasteiger partial charge in [-0.25, -0.2) is 27.8 Å². The van der Waals surface area contributed by atoms with Crippen LogP contribution in [0.5, 0.6) is 0 Å². The quantitative estimate of drug-likeness (QED) is 0.0452. The molecule has 0 aliphatic heterocycles. The van der Waals surface area contributed by atoms with E-state index < -0.39 is 29.9 Å². The first-order valence-electron chi connectivity index (χ1n) is 21.5. The van der Waals surface area contributed by atoms with Gasteiger partial charge in [-0.1, -0.05) is 171 Å². The number of allylic oxidation sites excluding steroid dienone is 3. The van der Waals surface area contributed by atoms with E-state index in [-0.39, 0.29) is 11.4 Å². The maximum Gasteiger partial charge on any atom is 0.146 e. The molecule has 340 valence electrons. The molecule has 0 aliphatic carbocycles. The molecule has 7 aromatic carbocycles. The van der Waals surface area contributed by atoms with Crippen molar-refractivity contribution in [1.82, 2.24) is 0 Å². The van der Waals surface area contributed by atoms with Crippen molar-refractivity contribution in [2.45, 2.75) is 57.3 Å². The van der Waals surface area contributed by atoms with Gasteiger partial charge in [0.25, 0.3) is 0 Å². The molecular weight excluding hydrogens is 838 g/mol. The molecule has 0 radical (unpaired) electrons. The van der Waals surface area contributed by atoms with Crippen molar-refractivity contribution in [2.75, 3.05) is 0 Å². The lowest BCUT2D eigenvalue weighted by atomic mass is 9.97. The number of aryl methyl sites for hydroxylation is 1. The highest BCUT2D eigenvalue weighted by atomic mass is 19.1. The maximum atomic E-state index is 13.7. The molecule has 9 heteroatoms. The van der Waals surface area contributed by atoms with Crippen molar-refractivity contribution in [3.63, 3.8) is 0 Å². The van der Waals surface area contributed by atoms with Gasteiger partial charge in [0.05, 0.1) is 0 Å². The Morgan fingerprint density at radius 3 is 1.11 bits per heavy atom. The summed E-state index contributed by atoms with van der Waals surface area (Å²) in [6.45, 7) is 13.3. The first-order valence-corrected chi connectivity index (χ1v) is 21.5. The summed E-state index contributed by atoms with van der Waals surface area (Å²) < 4.78 is 39.7. The Labute approximate surface area is 385 Å². The molecule has 0 aromatic heterocycles. The van der Waals surface area contributed by atoms with Gasteiger partial charge in [-0.2, -0.15) is 0 Å². The predicted octanol–water partition coefficient (Wildman–Crippen LogP) is 15.0. The molecule has 0 fully saturated rings. The van der Waals surface area contributed by atoms with Crippen LogP contribution in [0.4, 0.5) is 13.2 Å². The van der Waals surface area contributed by atoms with Crippen molar-refractivity contribution in [3.05, 3.63) is 275 Å². The Hall–Kier alpha value is -6.69. The molecule has 3 N–H and O–H groups in total. The highest BCUT2D eigenvalue weighted by molar-refractivity contribution is 5.64. The highest BCUT2D eigenvalue weighted by Gasteiger charge is 2.20. The zero-order chi connectivity index (χ0) is 47.3. The average Bonchev–Trinajstić information content (AvgIpc) is 3.34. The zero-order valence-corrected chi connectivity index (χ0v) is 36.9. The van der Waals surface area contributed by atoms with Crippen molar-refractivity contribution in [2.24, 2.45) is 0 Å². The highest BCUT2D eigenvalue weighted by Crippen LogP contribution is 2.30. The molecule has 0 saturated heterocycles. The summed E-state index contributed by atoms with van der Waals surface area (Å²) in [7, 11) is 0. The van der Waals surface area contributed by atoms with Gasteiger partial charge >= 0.3 is 0 Å². The second kappa shape index (κ2) is 26.3. The Morgan fingerprint density at radius 2 is 0.742 bits per heavy atom. The molecule has 0 spiro atoms. The van der Waals surface area contributed by atoms with Crippen molar-refractivity contribution in [1.29, 1.82) is 0 Å². The fraction of sp³-hybridized carbons (Fsp3) is 0.158. The Bertz CT molecular complexity index is 2540. The second-order valence-electron chi connectivity index (χ2n) is 15.4. The van der Waals surface area contributed by atoms with E-state index in [0.717, 1.165) is 77.6 Å². The van der Waals surface area contributed by atoms with E-state index in [9.17, 15) is 23.7 Å². The number of hydrogen-bond donors (Lipinski definition) is 3. The topological polar surface area (TPSA) is 88.4 Å². The largest absolute Gasteiger partial charge is 0.251 e. The monoisotopic (exact) mass is 892 g/mol. The molecule has 0 saturated carbocycles. The zero-order valence-electron chi connectivity index (χ0n) is 36.9. The summed E-state index contributed by atoms with van der Waals surface area (Å²) >= 11 is 0. The van der Waals surface area contributed by atoms with Crippen LogP contribution in [0.1, 0.15) is 87.3 Å². The van der Waals surface area contributed by atoms with Gasteiger partial charge in [0.15, 0.2) is 0 Å². The minimum absolute atomic E-state index is 0.0744. The molecule has 0 bridgehead atoms. The van der Waals surface area contributed by atoms with E-state index in [1.807, 2.05) is 84.9 Å². The molecule has 0 aliphatic rings. The van der Waals surface area contributed by atoms with Gasteiger partial charge in [-0.15, -0.1) is 19.7 Å². The van der Waals surface area contributed by atoms with E-state index in [0.29, 0.717) is 11.1 Å². The lowest BCUT2D eigenvalue weighted by Gasteiger charge is -2.15. The van der Waals surface area contributed by atoms with Crippen molar-refractivity contribution < 1.29 is 43.6 Å². The van der Waals surface area contributed by atoms with E-state index in [1.54, 1.807) is 30.3 Å². The third kappa shape index (κ3) is 14.4. The van der Waals surface area contributed by atoms with Crippen LogP contribution in [0.2, 0.25) is 0 Å². The van der Waals surface area contributed by atoms with E-state index in [1.165, 1.54) is 34.9 Å². The first kappa shape index (κ1) is 50.3. The van der Waals surface area contributed by atoms with Crippen molar-refractivity contribution >= 4 is 0 Å². The number of benzene rings is 7. The van der Waals surface area contributed by atoms with E-state index >= 15 is 0 Å². The minimum Gasteiger partial charge on any atom is -0.251 e. The summed E-state index contributed by atoms with van der Waals surface area (Å²) in [6.07, 6.45) is 8.06. The lowest BCUT2D eigenvalue weighted by Crippen LogP contribution is -2.06. The van der Waals surface area contributed by atoms with Gasteiger partial charge in [0.1, 0.15) is 35.8 Å². The average molecular weight is 893 g/mol. The van der Waals surface area contributed by atoms with E-state index in [2.05, 4.69) is 72.8 Å². The van der Waals surface area contributed by atoms with Gasteiger partial charge in [-0.05, 0) is 105 Å². The second-order valence-corrected chi connectivity index (χ2v) is 15.4. The third-order valence-electron chi connectivity index (χ3n) is 10.8. The fourth-order valence-electron chi connectivity index (χ4n) is 7.27. The summed E-state index contributed by atoms with van der Waals surface area (Å²) in [5.74, 6) is -1.76. The number of hydrogen-bond acceptors (Lipinski definition) is 6.